The van der Waals surface area contributed by atoms with Crippen LogP contribution in [-0.4, -0.2) is 44.2 Å². The lowest BCUT2D eigenvalue weighted by atomic mass is 10.1. The molecule has 1 aliphatic rings. The number of rotatable bonds is 7. The summed E-state index contributed by atoms with van der Waals surface area (Å²) < 4.78 is 10.9. The van der Waals surface area contributed by atoms with E-state index in [1.165, 1.54) is 22.8 Å². The number of nitrogens with one attached hydrogen (secondary N) is 3. The smallest absolute Gasteiger partial charge is 0.258 e. The maximum atomic E-state index is 12.3. The highest BCUT2D eigenvalue weighted by Gasteiger charge is 2.24. The van der Waals surface area contributed by atoms with E-state index in [9.17, 15) is 9.59 Å². The van der Waals surface area contributed by atoms with E-state index >= 15 is 0 Å². The van der Waals surface area contributed by atoms with Gasteiger partial charge in [0.15, 0.2) is 12.4 Å². The molecule has 162 valence electrons. The Bertz CT molecular complexity index is 881. The Balaban J connectivity index is 1.46. The number of carbonyl (C=O) groups excluding carboxylic acids is 1. The summed E-state index contributed by atoms with van der Waals surface area (Å²) >= 11 is 0. The minimum Gasteiger partial charge on any atom is -0.477 e. The van der Waals surface area contributed by atoms with Crippen molar-refractivity contribution >= 4 is 5.91 Å². The number of benzene rings is 1. The Morgan fingerprint density at radius 1 is 1.07 bits per heavy atom. The van der Waals surface area contributed by atoms with Crippen LogP contribution in [0.25, 0.3) is 0 Å². The third-order valence-corrected chi connectivity index (χ3v) is 5.11. The van der Waals surface area contributed by atoms with Crippen LogP contribution in [0.4, 0.5) is 0 Å². The van der Waals surface area contributed by atoms with E-state index in [4.69, 9.17) is 9.15 Å². The lowest BCUT2D eigenvalue weighted by Crippen LogP contribution is -3.27. The standard InChI is InChI=1S/C23H31N3O4/c1-23(2,3)24-22(28)17-30-21-16-29-19(13-20(21)27)15-26-11-9-25(10-12-26)14-18-7-5-4-6-8-18/h4-8,13,16H,9-12,14-15,17H2,1-3H3,(H,24,28)/p+2. The first kappa shape index (κ1) is 22.1. The topological polar surface area (TPSA) is 77.4 Å². The zero-order chi connectivity index (χ0) is 21.6. The van der Waals surface area contributed by atoms with Gasteiger partial charge in [-0.05, 0) is 20.8 Å². The Morgan fingerprint density at radius 3 is 2.30 bits per heavy atom. The maximum Gasteiger partial charge on any atom is 0.258 e. The van der Waals surface area contributed by atoms with E-state index in [1.54, 1.807) is 4.90 Å². The summed E-state index contributed by atoms with van der Waals surface area (Å²) in [5, 5.41) is 2.79. The molecule has 0 atom stereocenters. The van der Waals surface area contributed by atoms with E-state index in [0.29, 0.717) is 12.3 Å². The van der Waals surface area contributed by atoms with Gasteiger partial charge in [-0.2, -0.15) is 0 Å². The van der Waals surface area contributed by atoms with Crippen LogP contribution in [0.3, 0.4) is 0 Å². The van der Waals surface area contributed by atoms with Crippen molar-refractivity contribution in [3.05, 3.63) is 64.2 Å². The van der Waals surface area contributed by atoms with Gasteiger partial charge in [0.2, 0.25) is 11.2 Å². The molecule has 3 rings (SSSR count). The molecule has 0 radical (unpaired) electrons. The van der Waals surface area contributed by atoms with Gasteiger partial charge in [-0.3, -0.25) is 9.59 Å². The molecule has 30 heavy (non-hydrogen) atoms. The summed E-state index contributed by atoms with van der Waals surface area (Å²) in [5.74, 6) is 0.439. The lowest BCUT2D eigenvalue weighted by Gasteiger charge is -2.29. The Kier molecular flexibility index (Phi) is 7.29. The predicted octanol–water partition coefficient (Wildman–Crippen LogP) is -0.583. The largest absolute Gasteiger partial charge is 0.477 e. The molecule has 1 saturated heterocycles. The molecule has 2 aromatic rings. The van der Waals surface area contributed by atoms with Crippen molar-refractivity contribution in [2.45, 2.75) is 39.4 Å². The zero-order valence-corrected chi connectivity index (χ0v) is 18.1. The fourth-order valence-electron chi connectivity index (χ4n) is 3.68. The van der Waals surface area contributed by atoms with Crippen LogP contribution in [0.2, 0.25) is 0 Å². The minimum atomic E-state index is -0.343. The zero-order valence-electron chi connectivity index (χ0n) is 18.1. The van der Waals surface area contributed by atoms with Gasteiger partial charge in [-0.15, -0.1) is 0 Å². The first-order chi connectivity index (χ1) is 14.3. The van der Waals surface area contributed by atoms with Gasteiger partial charge in [0.05, 0.1) is 0 Å². The molecular formula is C23H33N3O4+2. The number of ether oxygens (including phenoxy) is 1. The van der Waals surface area contributed by atoms with Crippen molar-refractivity contribution < 1.29 is 23.7 Å². The summed E-state index contributed by atoms with van der Waals surface area (Å²) in [5.41, 5.74) is 0.770. The predicted molar refractivity (Wildman–Crippen MR) is 114 cm³/mol. The van der Waals surface area contributed by atoms with Gasteiger partial charge in [0.25, 0.3) is 5.91 Å². The average molecular weight is 416 g/mol. The molecule has 2 heterocycles. The number of hydrogen-bond donors (Lipinski definition) is 3. The van der Waals surface area contributed by atoms with Gasteiger partial charge in [0, 0.05) is 17.2 Å². The molecule has 0 aliphatic carbocycles. The maximum absolute atomic E-state index is 12.3. The summed E-state index contributed by atoms with van der Waals surface area (Å²) in [6, 6.07) is 12.1. The number of piperazine rings is 1. The van der Waals surface area contributed by atoms with Crippen molar-refractivity contribution in [3.8, 4) is 5.75 Å². The summed E-state index contributed by atoms with van der Waals surface area (Å²) in [6.07, 6.45) is 1.32. The first-order valence-corrected chi connectivity index (χ1v) is 10.5. The Hall–Kier alpha value is -2.64. The van der Waals surface area contributed by atoms with Crippen LogP contribution in [0.5, 0.6) is 5.75 Å². The molecule has 0 unspecified atom stereocenters. The number of hydrogen-bond acceptors (Lipinski definition) is 4. The average Bonchev–Trinajstić information content (AvgIpc) is 2.68. The van der Waals surface area contributed by atoms with Gasteiger partial charge >= 0.3 is 0 Å². The van der Waals surface area contributed by atoms with Crippen LogP contribution < -0.4 is 25.3 Å². The second-order valence-electron chi connectivity index (χ2n) is 9.00. The summed E-state index contributed by atoms with van der Waals surface area (Å²) in [6.45, 7) is 11.5. The van der Waals surface area contributed by atoms with Gasteiger partial charge in [-0.25, -0.2) is 0 Å². The molecule has 7 nitrogen and oxygen atoms in total. The number of carbonyl (C=O) groups is 1. The van der Waals surface area contributed by atoms with E-state index in [2.05, 4.69) is 29.6 Å². The molecule has 1 amide bonds. The van der Waals surface area contributed by atoms with Crippen LogP contribution in [0.1, 0.15) is 32.1 Å². The Morgan fingerprint density at radius 2 is 1.70 bits per heavy atom. The highest BCUT2D eigenvalue weighted by Crippen LogP contribution is 2.06. The van der Waals surface area contributed by atoms with E-state index in [-0.39, 0.29) is 29.2 Å². The van der Waals surface area contributed by atoms with Crippen LogP contribution in [0, 0.1) is 0 Å². The van der Waals surface area contributed by atoms with Gasteiger partial charge < -0.3 is 24.3 Å². The first-order valence-electron chi connectivity index (χ1n) is 10.5. The third-order valence-electron chi connectivity index (χ3n) is 5.11. The number of amides is 1. The van der Waals surface area contributed by atoms with Crippen molar-refractivity contribution in [1.82, 2.24) is 5.32 Å². The molecule has 1 aromatic carbocycles. The fraction of sp³-hybridized carbons (Fsp3) is 0.478. The summed E-state index contributed by atoms with van der Waals surface area (Å²) in [7, 11) is 0. The normalized spacial score (nSPS) is 19.3. The van der Waals surface area contributed by atoms with Crippen LogP contribution >= 0.6 is 0 Å². The molecule has 3 N–H and O–H groups in total. The van der Waals surface area contributed by atoms with Crippen molar-refractivity contribution in [2.75, 3.05) is 32.8 Å². The minimum absolute atomic E-state index is 0.0648. The van der Waals surface area contributed by atoms with Gasteiger partial charge in [-0.1, -0.05) is 30.3 Å². The molecular weight excluding hydrogens is 382 g/mol. The quantitative estimate of drug-likeness (QED) is 0.565. The SMILES string of the molecule is CC(C)(C)NC(=O)COc1coc(C[NH+]2CC[NH+](Cc3ccccc3)CC2)cc1=O. The second kappa shape index (κ2) is 9.91. The van der Waals surface area contributed by atoms with Crippen LogP contribution in [0.15, 0.2) is 51.9 Å². The Labute approximate surface area is 177 Å². The highest BCUT2D eigenvalue weighted by atomic mass is 16.5. The molecule has 0 saturated carbocycles. The molecule has 1 aromatic heterocycles. The van der Waals surface area contributed by atoms with Crippen molar-refractivity contribution in [1.29, 1.82) is 0 Å². The molecule has 1 fully saturated rings. The summed E-state index contributed by atoms with van der Waals surface area (Å²) in [4.78, 5) is 27.1. The molecule has 7 heteroatoms. The molecule has 1 aliphatic heterocycles. The fourth-order valence-corrected chi connectivity index (χ4v) is 3.68. The van der Waals surface area contributed by atoms with Crippen molar-refractivity contribution in [2.24, 2.45) is 0 Å². The van der Waals surface area contributed by atoms with Crippen LogP contribution in [-0.2, 0) is 17.9 Å². The van der Waals surface area contributed by atoms with Crippen molar-refractivity contribution in [3.63, 3.8) is 0 Å². The lowest BCUT2D eigenvalue weighted by molar-refractivity contribution is -1.02. The molecule has 0 spiro atoms. The monoisotopic (exact) mass is 415 g/mol. The molecule has 0 bridgehead atoms. The van der Waals surface area contributed by atoms with Gasteiger partial charge in [0.1, 0.15) is 45.5 Å². The third kappa shape index (κ3) is 7.00. The van der Waals surface area contributed by atoms with E-state index in [0.717, 1.165) is 32.7 Å². The second-order valence-corrected chi connectivity index (χ2v) is 9.00. The highest BCUT2D eigenvalue weighted by molar-refractivity contribution is 5.78. The van der Waals surface area contributed by atoms with E-state index in [1.807, 2.05) is 26.8 Å². The van der Waals surface area contributed by atoms with E-state index < -0.39 is 0 Å². The number of quaternary nitrogens is 2.